The highest BCUT2D eigenvalue weighted by Gasteiger charge is 2.49. The molecule has 0 spiro atoms. The molecule has 0 amide bonds. The van der Waals surface area contributed by atoms with Crippen molar-refractivity contribution in [3.63, 3.8) is 0 Å². The molecule has 0 saturated heterocycles. The fraction of sp³-hybridized carbons (Fsp3) is 0.152. The molecule has 51 heavy (non-hydrogen) atoms. The fourth-order valence-electron chi connectivity index (χ4n) is 5.30. The molecule has 0 bridgehead atoms. The predicted molar refractivity (Wildman–Crippen MR) is 145 cm³/mol. The Balaban J connectivity index is 2.39. The topological polar surface area (TPSA) is 143 Å². The van der Waals surface area contributed by atoms with Crippen molar-refractivity contribution in [3.05, 3.63) is 114 Å². The minimum absolute atomic E-state index is 0.443. The van der Waals surface area contributed by atoms with E-state index in [4.69, 9.17) is 10.5 Å². The third kappa shape index (κ3) is 5.54. The lowest BCUT2D eigenvalue weighted by Crippen LogP contribution is -2.27. The van der Waals surface area contributed by atoms with Crippen LogP contribution in [0, 0.1) is 115 Å². The Morgan fingerprint density at radius 1 is 0.549 bits per heavy atom. The molecule has 254 valence electrons. The van der Waals surface area contributed by atoms with Gasteiger partial charge < -0.3 is 0 Å². The van der Waals surface area contributed by atoms with E-state index in [0.717, 1.165) is 36.4 Å². The summed E-state index contributed by atoms with van der Waals surface area (Å²) in [5.74, 6) is -24.5. The van der Waals surface area contributed by atoms with E-state index >= 15 is 30.7 Å². The largest absolute Gasteiger partial charge is 0.241 e. The fourth-order valence-corrected chi connectivity index (χ4v) is 5.30. The second kappa shape index (κ2) is 13.3. The molecule has 1 unspecified atom stereocenters. The smallest absolute Gasteiger partial charge is 0.180 e. The number of alkyl halides is 2. The molecule has 1 fully saturated rings. The molecule has 0 radical (unpaired) electrons. The molecule has 1 saturated carbocycles. The van der Waals surface area contributed by atoms with Crippen molar-refractivity contribution in [2.24, 2.45) is 0 Å². The summed E-state index contributed by atoms with van der Waals surface area (Å²) in [4.78, 5) is 0. The standard InChI is InChI=1S/C33H8F12N6/c1-33(45)3-2-16(34)10(4-46)23(35)32(44)22(33)13(7-49)19-17(11(5-47)20-28(40)24(36)14(8-50)25(37)29(20)41)18(19)12(6-48)21-30(42)26(38)15(9-51)27(39)31(21)43/h16H,2-3H2,1H3/b17-11+,18-12?,19-13+,23-10+,32-22+/t16?,33-/m0/s1. The van der Waals surface area contributed by atoms with Gasteiger partial charge in [0.05, 0.1) is 27.8 Å². The number of allylic oxidation sites excluding steroid dienone is 10. The number of benzene rings is 2. The molecular weight excluding hydrogens is 708 g/mol. The van der Waals surface area contributed by atoms with Crippen LogP contribution in [0.4, 0.5) is 52.7 Å². The van der Waals surface area contributed by atoms with E-state index in [0.29, 0.717) is 6.92 Å². The zero-order valence-corrected chi connectivity index (χ0v) is 24.7. The van der Waals surface area contributed by atoms with Gasteiger partial charge in [0.25, 0.3) is 0 Å². The Kier molecular flexibility index (Phi) is 9.65. The van der Waals surface area contributed by atoms with Crippen molar-refractivity contribution in [3.8, 4) is 36.4 Å². The van der Waals surface area contributed by atoms with E-state index in [1.165, 1.54) is 0 Å². The van der Waals surface area contributed by atoms with Gasteiger partial charge >= 0.3 is 0 Å². The van der Waals surface area contributed by atoms with E-state index in [1.807, 2.05) is 0 Å². The van der Waals surface area contributed by atoms with E-state index in [-0.39, 0.29) is 0 Å². The quantitative estimate of drug-likeness (QED) is 0.177. The number of rotatable bonds is 3. The van der Waals surface area contributed by atoms with Crippen LogP contribution in [0.5, 0.6) is 0 Å². The van der Waals surface area contributed by atoms with Crippen molar-refractivity contribution in [2.45, 2.75) is 31.6 Å². The minimum atomic E-state index is -3.37. The highest BCUT2D eigenvalue weighted by Crippen LogP contribution is 2.58. The highest BCUT2D eigenvalue weighted by atomic mass is 19.2. The Morgan fingerprint density at radius 2 is 0.902 bits per heavy atom. The lowest BCUT2D eigenvalue weighted by Gasteiger charge is -2.27. The first kappa shape index (κ1) is 37.1. The van der Waals surface area contributed by atoms with Gasteiger partial charge in [0.2, 0.25) is 0 Å². The van der Waals surface area contributed by atoms with E-state index in [2.05, 4.69) is 0 Å². The van der Waals surface area contributed by atoms with Crippen molar-refractivity contribution < 1.29 is 52.7 Å². The van der Waals surface area contributed by atoms with Crippen LogP contribution >= 0.6 is 0 Å². The summed E-state index contributed by atoms with van der Waals surface area (Å²) in [5, 5.41) is 57.0. The molecule has 0 aliphatic heterocycles. The molecule has 0 heterocycles. The lowest BCUT2D eigenvalue weighted by atomic mass is 9.82. The molecule has 2 aliphatic rings. The maximum Gasteiger partial charge on any atom is 0.180 e. The number of hydrogen-bond donors (Lipinski definition) is 0. The average molecular weight is 716 g/mol. The van der Waals surface area contributed by atoms with E-state index in [1.54, 1.807) is 0 Å². The van der Waals surface area contributed by atoms with Gasteiger partial charge in [0, 0.05) is 22.3 Å². The van der Waals surface area contributed by atoms with Gasteiger partial charge in [0.15, 0.2) is 58.2 Å². The summed E-state index contributed by atoms with van der Waals surface area (Å²) < 4.78 is 181. The van der Waals surface area contributed by atoms with E-state index in [9.17, 15) is 43.0 Å². The van der Waals surface area contributed by atoms with Crippen LogP contribution in [0.2, 0.25) is 0 Å². The van der Waals surface area contributed by atoms with Gasteiger partial charge in [0.1, 0.15) is 65.0 Å². The monoisotopic (exact) mass is 716 g/mol. The van der Waals surface area contributed by atoms with Gasteiger partial charge in [-0.3, -0.25) is 0 Å². The van der Waals surface area contributed by atoms with Crippen LogP contribution in [0.3, 0.4) is 0 Å². The number of halogens is 12. The maximum absolute atomic E-state index is 16.1. The molecule has 2 aromatic rings. The van der Waals surface area contributed by atoms with E-state index < -0.39 is 150 Å². The van der Waals surface area contributed by atoms with Crippen LogP contribution in [0.15, 0.2) is 45.1 Å². The summed E-state index contributed by atoms with van der Waals surface area (Å²) in [6.45, 7) is 0.443. The number of nitriles is 6. The first-order chi connectivity index (χ1) is 23.9. The second-order valence-electron chi connectivity index (χ2n) is 10.6. The molecule has 18 heteroatoms. The van der Waals surface area contributed by atoms with Crippen LogP contribution < -0.4 is 0 Å². The highest BCUT2D eigenvalue weighted by molar-refractivity contribution is 6.07. The second-order valence-corrected chi connectivity index (χ2v) is 10.6. The Labute approximate surface area is 277 Å². The average Bonchev–Trinajstić information content (AvgIpc) is 3.82. The Morgan fingerprint density at radius 3 is 1.22 bits per heavy atom. The van der Waals surface area contributed by atoms with Crippen molar-refractivity contribution in [1.82, 2.24) is 0 Å². The van der Waals surface area contributed by atoms with Crippen molar-refractivity contribution in [2.75, 3.05) is 0 Å². The Hall–Kier alpha value is -6.76. The summed E-state index contributed by atoms with van der Waals surface area (Å²) >= 11 is 0. The zero-order chi connectivity index (χ0) is 38.4. The lowest BCUT2D eigenvalue weighted by molar-refractivity contribution is 0.193. The molecular formula is C33H8F12N6. The first-order valence-corrected chi connectivity index (χ1v) is 13.4. The van der Waals surface area contributed by atoms with Gasteiger partial charge in [-0.2, -0.15) is 31.6 Å². The summed E-state index contributed by atoms with van der Waals surface area (Å²) in [6, 6.07) is 5.76. The molecule has 2 atom stereocenters. The minimum Gasteiger partial charge on any atom is -0.241 e. The molecule has 2 aromatic carbocycles. The van der Waals surface area contributed by atoms with Crippen LogP contribution in [0.25, 0.3) is 11.1 Å². The van der Waals surface area contributed by atoms with Crippen molar-refractivity contribution >= 4 is 11.1 Å². The van der Waals surface area contributed by atoms with Gasteiger partial charge in [-0.15, -0.1) is 0 Å². The van der Waals surface area contributed by atoms with Gasteiger partial charge in [-0.05, 0) is 19.8 Å². The predicted octanol–water partition coefficient (Wildman–Crippen LogP) is 8.46. The van der Waals surface area contributed by atoms with Crippen LogP contribution in [0.1, 0.15) is 42.0 Å². The SMILES string of the molecule is C[C@]1(F)CCC(F)\C(C#N)=C(F)/C(F)=C1/C(C#N)=C1/C(=C(C#N)c2c(F)c(F)c(C#N)c(F)c2F)/C1=C(/C#N)c1c(F)c(F)c(C#N)c(F)c1F. The number of nitrogens with zero attached hydrogens (tertiary/aromatic N) is 6. The van der Waals surface area contributed by atoms with Crippen LogP contribution in [-0.4, -0.2) is 11.8 Å². The molecule has 2 aliphatic carbocycles. The summed E-state index contributed by atoms with van der Waals surface area (Å²) in [7, 11) is 0. The molecule has 0 N–H and O–H groups in total. The van der Waals surface area contributed by atoms with Gasteiger partial charge in [-0.25, -0.2) is 52.7 Å². The number of hydrogen-bond acceptors (Lipinski definition) is 6. The normalized spacial score (nSPS) is 24.4. The molecule has 4 rings (SSSR count). The Bertz CT molecular complexity index is 2250. The van der Waals surface area contributed by atoms with Crippen LogP contribution in [-0.2, 0) is 0 Å². The maximum atomic E-state index is 16.1. The van der Waals surface area contributed by atoms with Gasteiger partial charge in [-0.1, -0.05) is 0 Å². The zero-order valence-electron chi connectivity index (χ0n) is 24.7. The third-order valence-electron chi connectivity index (χ3n) is 7.74. The third-order valence-corrected chi connectivity index (χ3v) is 7.74. The summed E-state index contributed by atoms with van der Waals surface area (Å²) in [5.41, 5.74) is -23.5. The molecule has 6 nitrogen and oxygen atoms in total. The molecule has 0 aromatic heterocycles. The summed E-state index contributed by atoms with van der Waals surface area (Å²) in [6.07, 6.45) is -4.81. The van der Waals surface area contributed by atoms with Crippen molar-refractivity contribution in [1.29, 1.82) is 31.6 Å². The first-order valence-electron chi connectivity index (χ1n) is 13.4.